The Morgan fingerprint density at radius 3 is 1.58 bits per heavy atom. The van der Waals surface area contributed by atoms with Crippen LogP contribution in [0, 0.1) is 0 Å². The van der Waals surface area contributed by atoms with Crippen LogP contribution in [0.5, 0.6) is 11.5 Å². The highest BCUT2D eigenvalue weighted by atomic mass is 19.4. The molecule has 0 saturated carbocycles. The van der Waals surface area contributed by atoms with Crippen molar-refractivity contribution in [1.82, 2.24) is 4.98 Å². The summed E-state index contributed by atoms with van der Waals surface area (Å²) in [5.41, 5.74) is 1.27. The third-order valence-corrected chi connectivity index (χ3v) is 4.12. The first kappa shape index (κ1) is 24.0. The lowest BCUT2D eigenvalue weighted by atomic mass is 9.98. The molecule has 0 saturated heterocycles. The Morgan fingerprint density at radius 1 is 0.636 bits per heavy atom. The molecule has 1 aromatic heterocycles. The molecule has 33 heavy (non-hydrogen) atoms. The molecule has 176 valence electrons. The van der Waals surface area contributed by atoms with Crippen molar-refractivity contribution in [3.8, 4) is 33.9 Å². The fourth-order valence-electron chi connectivity index (χ4n) is 2.91. The number of benzene rings is 2. The van der Waals surface area contributed by atoms with Gasteiger partial charge in [-0.2, -0.15) is 13.2 Å². The number of hydrogen-bond donors (Lipinski definition) is 1. The van der Waals surface area contributed by atoms with Crippen molar-refractivity contribution in [3.63, 3.8) is 0 Å². The molecule has 0 unspecified atom stereocenters. The lowest BCUT2D eigenvalue weighted by Crippen LogP contribution is -2.18. The SMILES string of the molecule is Nc1c(-c2ccccc2OC(F)(F)F)cc(C(F)(F)F)nc1-c1ccccc1OC(F)(F)F. The summed E-state index contributed by atoms with van der Waals surface area (Å²) in [6, 6.07) is 8.70. The van der Waals surface area contributed by atoms with Crippen LogP contribution >= 0.6 is 0 Å². The molecule has 0 radical (unpaired) electrons. The van der Waals surface area contributed by atoms with Crippen molar-refractivity contribution in [3.05, 3.63) is 60.3 Å². The normalized spacial score (nSPS) is 12.5. The average molecular weight is 482 g/mol. The minimum Gasteiger partial charge on any atom is -0.405 e. The summed E-state index contributed by atoms with van der Waals surface area (Å²) in [6.07, 6.45) is -15.5. The lowest BCUT2D eigenvalue weighted by Gasteiger charge is -2.19. The van der Waals surface area contributed by atoms with Crippen molar-refractivity contribution >= 4 is 5.69 Å². The second-order valence-corrected chi connectivity index (χ2v) is 6.40. The zero-order chi connectivity index (χ0) is 24.6. The Labute approximate surface area is 179 Å². The summed E-state index contributed by atoms with van der Waals surface area (Å²) < 4.78 is 125. The number of nitrogen functional groups attached to an aromatic ring is 1. The smallest absolute Gasteiger partial charge is 0.405 e. The van der Waals surface area contributed by atoms with E-state index < -0.39 is 64.2 Å². The number of alkyl halides is 9. The summed E-state index contributed by atoms with van der Waals surface area (Å²) in [7, 11) is 0. The van der Waals surface area contributed by atoms with Crippen LogP contribution in [0.1, 0.15) is 5.69 Å². The van der Waals surface area contributed by atoms with E-state index in [0.29, 0.717) is 6.07 Å². The molecule has 0 spiro atoms. The molecule has 0 fully saturated rings. The quantitative estimate of drug-likeness (QED) is 0.415. The van der Waals surface area contributed by atoms with Crippen LogP contribution in [-0.4, -0.2) is 17.7 Å². The molecule has 0 atom stereocenters. The molecular weight excluding hydrogens is 471 g/mol. The molecular formula is C20H11F9N2O2. The maximum absolute atomic E-state index is 13.5. The van der Waals surface area contributed by atoms with E-state index in [-0.39, 0.29) is 0 Å². The van der Waals surface area contributed by atoms with Crippen LogP contribution < -0.4 is 15.2 Å². The molecule has 0 amide bonds. The van der Waals surface area contributed by atoms with Crippen LogP contribution in [0.25, 0.3) is 22.4 Å². The first-order valence-electron chi connectivity index (χ1n) is 8.74. The number of para-hydroxylation sites is 2. The Bertz CT molecular complexity index is 1070. The molecule has 0 aliphatic carbocycles. The van der Waals surface area contributed by atoms with Gasteiger partial charge in [-0.05, 0) is 24.3 Å². The minimum absolute atomic E-state index is 0.380. The Kier molecular flexibility index (Phi) is 6.09. The van der Waals surface area contributed by atoms with Gasteiger partial charge in [0.25, 0.3) is 0 Å². The summed E-state index contributed by atoms with van der Waals surface area (Å²) in [5.74, 6) is -1.78. The van der Waals surface area contributed by atoms with Gasteiger partial charge < -0.3 is 15.2 Å². The fourth-order valence-corrected chi connectivity index (χ4v) is 2.91. The van der Waals surface area contributed by atoms with Crippen LogP contribution in [0.2, 0.25) is 0 Å². The van der Waals surface area contributed by atoms with Gasteiger partial charge in [0.15, 0.2) is 0 Å². The summed E-state index contributed by atoms with van der Waals surface area (Å²) in [6.45, 7) is 0. The average Bonchev–Trinajstić information content (AvgIpc) is 2.66. The van der Waals surface area contributed by atoms with Crippen molar-refractivity contribution in [2.75, 3.05) is 5.73 Å². The highest BCUT2D eigenvalue weighted by molar-refractivity contribution is 5.90. The molecule has 3 aromatic rings. The van der Waals surface area contributed by atoms with Crippen molar-refractivity contribution in [1.29, 1.82) is 0 Å². The highest BCUT2D eigenvalue weighted by Crippen LogP contribution is 2.44. The summed E-state index contributed by atoms with van der Waals surface area (Å²) in [5, 5.41) is 0. The predicted molar refractivity (Wildman–Crippen MR) is 97.9 cm³/mol. The molecule has 13 heteroatoms. The van der Waals surface area contributed by atoms with Crippen LogP contribution in [0.4, 0.5) is 45.2 Å². The van der Waals surface area contributed by atoms with Gasteiger partial charge >= 0.3 is 18.9 Å². The van der Waals surface area contributed by atoms with Crippen molar-refractivity contribution < 1.29 is 49.0 Å². The number of halogens is 9. The van der Waals surface area contributed by atoms with Gasteiger partial charge in [0.05, 0.1) is 11.4 Å². The largest absolute Gasteiger partial charge is 0.573 e. The zero-order valence-electron chi connectivity index (χ0n) is 15.9. The van der Waals surface area contributed by atoms with E-state index in [0.717, 1.165) is 36.4 Å². The summed E-state index contributed by atoms with van der Waals surface area (Å²) in [4.78, 5) is 3.33. The van der Waals surface area contributed by atoms with Gasteiger partial charge in [0.2, 0.25) is 0 Å². The third kappa shape index (κ3) is 5.79. The van der Waals surface area contributed by atoms with Crippen molar-refractivity contribution in [2.45, 2.75) is 18.9 Å². The van der Waals surface area contributed by atoms with Crippen molar-refractivity contribution in [2.24, 2.45) is 0 Å². The number of hydrogen-bond acceptors (Lipinski definition) is 4. The van der Waals surface area contributed by atoms with E-state index >= 15 is 0 Å². The summed E-state index contributed by atoms with van der Waals surface area (Å²) >= 11 is 0. The maximum atomic E-state index is 13.5. The van der Waals surface area contributed by atoms with Gasteiger partial charge in [-0.3, -0.25) is 0 Å². The second kappa shape index (κ2) is 8.37. The van der Waals surface area contributed by atoms with Gasteiger partial charge in [0.1, 0.15) is 17.2 Å². The molecule has 1 heterocycles. The number of nitrogens with two attached hydrogens (primary N) is 1. The topological polar surface area (TPSA) is 57.4 Å². The number of aromatic nitrogens is 1. The van der Waals surface area contributed by atoms with Gasteiger partial charge in [-0.25, -0.2) is 4.98 Å². The number of rotatable bonds is 4. The van der Waals surface area contributed by atoms with Crippen LogP contribution in [0.15, 0.2) is 54.6 Å². The van der Waals surface area contributed by atoms with E-state index in [2.05, 4.69) is 14.5 Å². The van der Waals surface area contributed by atoms with Gasteiger partial charge in [-0.1, -0.05) is 30.3 Å². The molecule has 2 N–H and O–H groups in total. The standard InChI is InChI=1S/C20H11F9N2O2/c21-18(22,23)15-9-12(10-5-1-3-7-13(10)32-19(24,25)26)16(30)17(31-15)11-6-2-4-8-14(11)33-20(27,28)29/h1-9H,30H2. The van der Waals surface area contributed by atoms with Gasteiger partial charge in [0, 0.05) is 16.7 Å². The van der Waals surface area contributed by atoms with E-state index in [4.69, 9.17) is 5.73 Å². The molecule has 0 aliphatic heterocycles. The van der Waals surface area contributed by atoms with E-state index in [1.54, 1.807) is 0 Å². The number of anilines is 1. The molecule has 0 bridgehead atoms. The van der Waals surface area contributed by atoms with E-state index in [1.165, 1.54) is 12.1 Å². The predicted octanol–water partition coefficient (Wildman–Crippen LogP) is 6.81. The van der Waals surface area contributed by atoms with Crippen LogP contribution in [0.3, 0.4) is 0 Å². The molecule has 2 aromatic carbocycles. The Morgan fingerprint density at radius 2 is 1.09 bits per heavy atom. The lowest BCUT2D eigenvalue weighted by molar-refractivity contribution is -0.275. The fraction of sp³-hybridized carbons (Fsp3) is 0.150. The number of nitrogens with zero attached hydrogens (tertiary/aromatic N) is 1. The van der Waals surface area contributed by atoms with E-state index in [1.807, 2.05) is 0 Å². The number of ether oxygens (including phenoxy) is 2. The Balaban J connectivity index is 2.31. The van der Waals surface area contributed by atoms with E-state index in [9.17, 15) is 39.5 Å². The first-order valence-corrected chi connectivity index (χ1v) is 8.74. The maximum Gasteiger partial charge on any atom is 0.573 e. The second-order valence-electron chi connectivity index (χ2n) is 6.40. The minimum atomic E-state index is -5.19. The third-order valence-electron chi connectivity index (χ3n) is 4.12. The highest BCUT2D eigenvalue weighted by Gasteiger charge is 2.37. The number of pyridine rings is 1. The van der Waals surface area contributed by atoms with Gasteiger partial charge in [-0.15, -0.1) is 26.3 Å². The zero-order valence-corrected chi connectivity index (χ0v) is 15.9. The van der Waals surface area contributed by atoms with Crippen LogP contribution in [-0.2, 0) is 6.18 Å². The molecule has 4 nitrogen and oxygen atoms in total. The molecule has 0 aliphatic rings. The monoisotopic (exact) mass is 482 g/mol. The Hall–Kier alpha value is -3.64. The molecule has 3 rings (SSSR count). The first-order chi connectivity index (χ1) is 15.2.